The second kappa shape index (κ2) is 16.8. The molecule has 0 atom stereocenters. The Hall–Kier alpha value is -3.52. The summed E-state index contributed by atoms with van der Waals surface area (Å²) in [6, 6.07) is 31.4. The Balaban J connectivity index is 1.29. The summed E-state index contributed by atoms with van der Waals surface area (Å²) in [6.45, 7) is 4.53. The van der Waals surface area contributed by atoms with Gasteiger partial charge in [-0.05, 0) is 120 Å². The van der Waals surface area contributed by atoms with Gasteiger partial charge in [-0.3, -0.25) is 0 Å². The normalized spacial score (nSPS) is 11.2. The highest BCUT2D eigenvalue weighted by Crippen LogP contribution is 2.23. The Labute approximate surface area is 255 Å². The van der Waals surface area contributed by atoms with E-state index in [4.69, 9.17) is 11.5 Å². The minimum Gasteiger partial charge on any atom is -0.399 e. The lowest BCUT2D eigenvalue weighted by atomic mass is 9.94. The molecule has 0 saturated heterocycles. The molecule has 0 unspecified atom stereocenters. The number of benzene rings is 4. The van der Waals surface area contributed by atoms with E-state index in [1.54, 1.807) is 0 Å². The maximum Gasteiger partial charge on any atom is 0.0316 e. The van der Waals surface area contributed by atoms with Crippen molar-refractivity contribution in [3.05, 3.63) is 129 Å². The number of nitrogens with two attached hydrogens (primary N) is 2. The maximum atomic E-state index is 6.13. The van der Waals surface area contributed by atoms with Crippen LogP contribution in [0, 0.1) is 0 Å². The van der Waals surface area contributed by atoms with Gasteiger partial charge in [-0.15, -0.1) is 0 Å². The minimum absolute atomic E-state index is 0.875. The van der Waals surface area contributed by atoms with Crippen LogP contribution in [-0.2, 0) is 38.5 Å². The first-order chi connectivity index (χ1) is 20.5. The Kier molecular flexibility index (Phi) is 12.6. The van der Waals surface area contributed by atoms with Crippen LogP contribution in [0.25, 0.3) is 0 Å². The molecule has 2 heteroatoms. The second-order valence-corrected chi connectivity index (χ2v) is 12.2. The Morgan fingerprint density at radius 3 is 1.14 bits per heavy atom. The predicted molar refractivity (Wildman–Crippen MR) is 183 cm³/mol. The molecule has 42 heavy (non-hydrogen) atoms. The van der Waals surface area contributed by atoms with Crippen LogP contribution in [0.3, 0.4) is 0 Å². The number of aryl methyl sites for hydroxylation is 4. The number of unbranched alkanes of at least 4 members (excludes halogenated alkanes) is 6. The van der Waals surface area contributed by atoms with E-state index in [-0.39, 0.29) is 0 Å². The quantitative estimate of drug-likeness (QED) is 0.0997. The number of hydrogen-bond donors (Lipinski definition) is 2. The summed E-state index contributed by atoms with van der Waals surface area (Å²) in [5.41, 5.74) is 25.2. The molecule has 0 heterocycles. The molecule has 0 fully saturated rings. The summed E-state index contributed by atoms with van der Waals surface area (Å²) in [6.07, 6.45) is 16.5. The van der Waals surface area contributed by atoms with E-state index in [1.165, 1.54) is 95.9 Å². The van der Waals surface area contributed by atoms with E-state index >= 15 is 0 Å². The first-order valence-electron chi connectivity index (χ1n) is 16.4. The van der Waals surface area contributed by atoms with E-state index in [9.17, 15) is 0 Å². The van der Waals surface area contributed by atoms with Crippen molar-refractivity contribution in [2.24, 2.45) is 0 Å². The van der Waals surface area contributed by atoms with Crippen molar-refractivity contribution in [3.63, 3.8) is 0 Å². The lowest BCUT2D eigenvalue weighted by Crippen LogP contribution is -1.99. The van der Waals surface area contributed by atoms with Gasteiger partial charge in [0.15, 0.2) is 0 Å². The molecule has 0 saturated carbocycles. The Morgan fingerprint density at radius 2 is 0.762 bits per heavy atom. The number of nitrogen functional groups attached to an aromatic ring is 2. The lowest BCUT2D eigenvalue weighted by molar-refractivity contribution is 0.665. The second-order valence-electron chi connectivity index (χ2n) is 12.2. The summed E-state index contributed by atoms with van der Waals surface area (Å²) >= 11 is 0. The van der Waals surface area contributed by atoms with Crippen molar-refractivity contribution >= 4 is 11.4 Å². The molecule has 0 amide bonds. The van der Waals surface area contributed by atoms with Crippen molar-refractivity contribution in [3.8, 4) is 0 Å². The van der Waals surface area contributed by atoms with E-state index in [1.807, 2.05) is 12.1 Å². The largest absolute Gasteiger partial charge is 0.399 e. The van der Waals surface area contributed by atoms with Gasteiger partial charge in [0.05, 0.1) is 0 Å². The highest BCUT2D eigenvalue weighted by molar-refractivity contribution is 5.47. The van der Waals surface area contributed by atoms with Crippen molar-refractivity contribution in [1.82, 2.24) is 0 Å². The fourth-order valence-electron chi connectivity index (χ4n) is 5.96. The minimum atomic E-state index is 0.875. The van der Waals surface area contributed by atoms with Gasteiger partial charge < -0.3 is 11.5 Å². The van der Waals surface area contributed by atoms with E-state index < -0.39 is 0 Å². The fraction of sp³-hybridized carbons (Fsp3) is 0.400. The summed E-state index contributed by atoms with van der Waals surface area (Å²) < 4.78 is 0. The molecule has 0 aromatic heterocycles. The predicted octanol–water partition coefficient (Wildman–Crippen LogP) is 10.1. The van der Waals surface area contributed by atoms with Crippen LogP contribution >= 0.6 is 0 Å². The third-order valence-corrected chi connectivity index (χ3v) is 8.60. The number of hydrogen-bond acceptors (Lipinski definition) is 2. The van der Waals surface area contributed by atoms with Crippen LogP contribution in [0.4, 0.5) is 11.4 Å². The molecule has 4 aromatic rings. The fourth-order valence-corrected chi connectivity index (χ4v) is 5.96. The smallest absolute Gasteiger partial charge is 0.0316 e. The zero-order valence-electron chi connectivity index (χ0n) is 26.1. The van der Waals surface area contributed by atoms with Crippen molar-refractivity contribution in [2.75, 3.05) is 11.5 Å². The summed E-state index contributed by atoms with van der Waals surface area (Å²) in [4.78, 5) is 0. The average Bonchev–Trinajstić information content (AvgIpc) is 3.00. The molecule has 2 nitrogen and oxygen atoms in total. The van der Waals surface area contributed by atoms with E-state index in [2.05, 4.69) is 86.6 Å². The number of anilines is 2. The Bertz CT molecular complexity index is 1240. The van der Waals surface area contributed by atoms with Gasteiger partial charge in [-0.1, -0.05) is 113 Å². The van der Waals surface area contributed by atoms with Crippen LogP contribution in [0.15, 0.2) is 84.9 Å². The molecule has 0 aliphatic heterocycles. The zero-order valence-corrected chi connectivity index (χ0v) is 26.1. The van der Waals surface area contributed by atoms with Crippen LogP contribution in [0.1, 0.15) is 110 Å². The molecular formula is C40H52N2. The third-order valence-electron chi connectivity index (χ3n) is 8.60. The van der Waals surface area contributed by atoms with Gasteiger partial charge >= 0.3 is 0 Å². The van der Waals surface area contributed by atoms with Crippen molar-refractivity contribution < 1.29 is 0 Å². The monoisotopic (exact) mass is 560 g/mol. The SMILES string of the molecule is CCCCCCc1cc(N)ccc1Cc1ccc(CCc2ccc(Cc3ccc(N)cc3CCCCCC)cc2)cc1. The molecule has 0 aliphatic carbocycles. The van der Waals surface area contributed by atoms with Gasteiger partial charge in [0.1, 0.15) is 0 Å². The Morgan fingerprint density at radius 1 is 0.381 bits per heavy atom. The van der Waals surface area contributed by atoms with E-state index in [0.29, 0.717) is 0 Å². The highest BCUT2D eigenvalue weighted by atomic mass is 14.5. The van der Waals surface area contributed by atoms with Gasteiger partial charge in [-0.25, -0.2) is 0 Å². The number of rotatable bonds is 17. The average molecular weight is 561 g/mol. The van der Waals surface area contributed by atoms with Gasteiger partial charge in [0.25, 0.3) is 0 Å². The summed E-state index contributed by atoms with van der Waals surface area (Å²) in [5, 5.41) is 0. The first kappa shape index (κ1) is 31.4. The molecule has 0 spiro atoms. The standard InChI is InChI=1S/C40H52N2/c1-3-5-7-9-11-35-29-39(41)25-23-37(35)27-33-19-15-31(16-20-33)13-14-32-17-21-34(22-18-32)28-38-24-26-40(42)30-36(38)12-10-8-6-4-2/h15-26,29-30H,3-14,27-28,41-42H2,1-2H3. The van der Waals surface area contributed by atoms with Crippen LogP contribution in [0.5, 0.6) is 0 Å². The van der Waals surface area contributed by atoms with Crippen LogP contribution in [0.2, 0.25) is 0 Å². The summed E-state index contributed by atoms with van der Waals surface area (Å²) in [5.74, 6) is 0. The van der Waals surface area contributed by atoms with Gasteiger partial charge in [0.2, 0.25) is 0 Å². The van der Waals surface area contributed by atoms with Crippen molar-refractivity contribution in [1.29, 1.82) is 0 Å². The maximum absolute atomic E-state index is 6.13. The molecular weight excluding hydrogens is 508 g/mol. The molecule has 0 radical (unpaired) electrons. The molecule has 0 aliphatic rings. The topological polar surface area (TPSA) is 52.0 Å². The molecule has 222 valence electrons. The lowest BCUT2D eigenvalue weighted by Gasteiger charge is -2.12. The molecule has 4 aromatic carbocycles. The molecule has 0 bridgehead atoms. The third kappa shape index (κ3) is 10.1. The van der Waals surface area contributed by atoms with Gasteiger partial charge in [0, 0.05) is 11.4 Å². The first-order valence-corrected chi connectivity index (χ1v) is 16.4. The van der Waals surface area contributed by atoms with Crippen LogP contribution < -0.4 is 11.5 Å². The highest BCUT2D eigenvalue weighted by Gasteiger charge is 2.08. The van der Waals surface area contributed by atoms with Crippen LogP contribution in [-0.4, -0.2) is 0 Å². The van der Waals surface area contributed by atoms with Gasteiger partial charge in [-0.2, -0.15) is 0 Å². The molecule has 4 N–H and O–H groups in total. The van der Waals surface area contributed by atoms with Crippen molar-refractivity contribution in [2.45, 2.75) is 104 Å². The summed E-state index contributed by atoms with van der Waals surface area (Å²) in [7, 11) is 0. The zero-order chi connectivity index (χ0) is 29.6. The van der Waals surface area contributed by atoms with E-state index in [0.717, 1.165) is 49.9 Å². The molecule has 4 rings (SSSR count).